The first-order chi connectivity index (χ1) is 11.3. The Bertz CT molecular complexity index is 529. The van der Waals surface area contributed by atoms with Gasteiger partial charge >= 0.3 is 5.97 Å². The van der Waals surface area contributed by atoms with E-state index >= 15 is 0 Å². The van der Waals surface area contributed by atoms with E-state index in [1.165, 1.54) is 17.5 Å². The number of nitrogens with zero attached hydrogens (tertiary/aromatic N) is 1. The summed E-state index contributed by atoms with van der Waals surface area (Å²) < 4.78 is 0. The SMILES string of the molecule is CC(C)C(C(=O)O)N(C)C(=O)CCNC(=S)NCC1=CCCC=C1. The number of nitrogens with one attached hydrogen (secondary N) is 2. The maximum absolute atomic E-state index is 12.1. The number of carbonyl (C=O) groups is 2. The van der Waals surface area contributed by atoms with Crippen molar-refractivity contribution in [3.8, 4) is 0 Å². The Labute approximate surface area is 149 Å². The van der Waals surface area contributed by atoms with Crippen LogP contribution >= 0.6 is 12.2 Å². The number of rotatable bonds is 8. The molecule has 0 spiro atoms. The highest BCUT2D eigenvalue weighted by molar-refractivity contribution is 7.80. The van der Waals surface area contributed by atoms with Crippen molar-refractivity contribution in [1.82, 2.24) is 15.5 Å². The fourth-order valence-electron chi connectivity index (χ4n) is 2.56. The molecule has 0 aromatic carbocycles. The maximum Gasteiger partial charge on any atom is 0.326 e. The van der Waals surface area contributed by atoms with E-state index in [2.05, 4.69) is 28.9 Å². The first-order valence-electron chi connectivity index (χ1n) is 8.18. The highest BCUT2D eigenvalue weighted by atomic mass is 32.1. The number of carboxylic acids is 1. The molecule has 1 unspecified atom stereocenters. The predicted octanol–water partition coefficient (Wildman–Crippen LogP) is 1.68. The molecule has 134 valence electrons. The van der Waals surface area contributed by atoms with Crippen LogP contribution in [0.25, 0.3) is 0 Å². The molecule has 1 aliphatic carbocycles. The van der Waals surface area contributed by atoms with E-state index in [1.54, 1.807) is 13.8 Å². The number of allylic oxidation sites excluding steroid dienone is 2. The van der Waals surface area contributed by atoms with Gasteiger partial charge in [0, 0.05) is 26.6 Å². The van der Waals surface area contributed by atoms with Gasteiger partial charge in [0.1, 0.15) is 6.04 Å². The third-order valence-corrected chi connectivity index (χ3v) is 4.13. The van der Waals surface area contributed by atoms with Crippen LogP contribution < -0.4 is 10.6 Å². The van der Waals surface area contributed by atoms with Crippen LogP contribution in [0.5, 0.6) is 0 Å². The van der Waals surface area contributed by atoms with Crippen LogP contribution in [0.4, 0.5) is 0 Å². The molecule has 0 heterocycles. The molecule has 24 heavy (non-hydrogen) atoms. The molecule has 1 atom stereocenters. The average molecular weight is 353 g/mol. The highest BCUT2D eigenvalue weighted by Crippen LogP contribution is 2.10. The van der Waals surface area contributed by atoms with E-state index in [9.17, 15) is 14.7 Å². The van der Waals surface area contributed by atoms with Gasteiger partial charge in [-0.1, -0.05) is 32.1 Å². The number of hydrogen-bond acceptors (Lipinski definition) is 3. The van der Waals surface area contributed by atoms with Gasteiger partial charge in [-0.25, -0.2) is 4.79 Å². The van der Waals surface area contributed by atoms with Crippen LogP contribution in [0.15, 0.2) is 23.8 Å². The predicted molar refractivity (Wildman–Crippen MR) is 98.7 cm³/mol. The molecule has 7 heteroatoms. The van der Waals surface area contributed by atoms with E-state index in [-0.39, 0.29) is 18.2 Å². The molecular weight excluding hydrogens is 326 g/mol. The molecule has 0 bridgehead atoms. The molecule has 6 nitrogen and oxygen atoms in total. The Morgan fingerprint density at radius 3 is 2.58 bits per heavy atom. The molecule has 0 saturated heterocycles. The Morgan fingerprint density at radius 2 is 2.04 bits per heavy atom. The standard InChI is InChI=1S/C17H27N3O3S/c1-12(2)15(16(22)23)20(3)14(21)9-10-18-17(24)19-11-13-7-5-4-6-8-13/h5,7-8,12,15H,4,6,9-11H2,1-3H3,(H,22,23)(H2,18,19,24). The summed E-state index contributed by atoms with van der Waals surface area (Å²) in [5, 5.41) is 15.8. The first kappa shape index (κ1) is 20.2. The van der Waals surface area contributed by atoms with Crippen molar-refractivity contribution in [2.45, 2.75) is 39.2 Å². The van der Waals surface area contributed by atoms with Crippen molar-refractivity contribution in [2.24, 2.45) is 5.92 Å². The second kappa shape index (κ2) is 10.1. The largest absolute Gasteiger partial charge is 0.480 e. The lowest BCUT2D eigenvalue weighted by atomic mass is 10.0. The number of carboxylic acid groups (broad SMARTS) is 1. The van der Waals surface area contributed by atoms with Crippen LogP contribution in [0.3, 0.4) is 0 Å². The number of hydrogen-bond donors (Lipinski definition) is 3. The third kappa shape index (κ3) is 6.70. The first-order valence-corrected chi connectivity index (χ1v) is 8.59. The van der Waals surface area contributed by atoms with Gasteiger partial charge in [0.25, 0.3) is 0 Å². The number of likely N-dealkylation sites (N-methyl/N-ethyl adjacent to an activating group) is 1. The van der Waals surface area contributed by atoms with Gasteiger partial charge in [-0.3, -0.25) is 4.79 Å². The lowest BCUT2D eigenvalue weighted by molar-refractivity contribution is -0.150. The van der Waals surface area contributed by atoms with Crippen molar-refractivity contribution in [2.75, 3.05) is 20.1 Å². The Hall–Kier alpha value is -1.89. The van der Waals surface area contributed by atoms with Crippen LogP contribution in [0.2, 0.25) is 0 Å². The van der Waals surface area contributed by atoms with Gasteiger partial charge in [-0.2, -0.15) is 0 Å². The van der Waals surface area contributed by atoms with Gasteiger partial charge in [0.05, 0.1) is 0 Å². The summed E-state index contributed by atoms with van der Waals surface area (Å²) in [6.07, 6.45) is 8.71. The fourth-order valence-corrected chi connectivity index (χ4v) is 2.73. The summed E-state index contributed by atoms with van der Waals surface area (Å²) in [6.45, 7) is 4.60. The zero-order chi connectivity index (χ0) is 18.1. The molecule has 0 fully saturated rings. The second-order valence-corrected chi connectivity index (χ2v) is 6.56. The van der Waals surface area contributed by atoms with Crippen LogP contribution in [-0.2, 0) is 9.59 Å². The minimum absolute atomic E-state index is 0.149. The molecular formula is C17H27N3O3S. The van der Waals surface area contributed by atoms with Gasteiger partial charge < -0.3 is 20.6 Å². The van der Waals surface area contributed by atoms with Gasteiger partial charge in [-0.15, -0.1) is 0 Å². The molecule has 1 amide bonds. The van der Waals surface area contributed by atoms with E-state index in [0.29, 0.717) is 18.2 Å². The number of aliphatic carboxylic acids is 1. The molecule has 1 aliphatic rings. The lowest BCUT2D eigenvalue weighted by Gasteiger charge is -2.27. The van der Waals surface area contributed by atoms with Crippen molar-refractivity contribution in [3.05, 3.63) is 23.8 Å². The lowest BCUT2D eigenvalue weighted by Crippen LogP contribution is -2.46. The molecule has 0 radical (unpaired) electrons. The quantitative estimate of drug-likeness (QED) is 0.576. The minimum atomic E-state index is -0.986. The summed E-state index contributed by atoms with van der Waals surface area (Å²) in [7, 11) is 1.53. The summed E-state index contributed by atoms with van der Waals surface area (Å²) in [4.78, 5) is 24.7. The van der Waals surface area contributed by atoms with Crippen LogP contribution in [0, 0.1) is 5.92 Å². The van der Waals surface area contributed by atoms with E-state index < -0.39 is 12.0 Å². The molecule has 0 aromatic rings. The van der Waals surface area contributed by atoms with Crippen molar-refractivity contribution in [1.29, 1.82) is 0 Å². The van der Waals surface area contributed by atoms with Crippen molar-refractivity contribution >= 4 is 29.2 Å². The Morgan fingerprint density at radius 1 is 1.33 bits per heavy atom. The second-order valence-electron chi connectivity index (χ2n) is 6.15. The summed E-state index contributed by atoms with van der Waals surface area (Å²) in [6, 6.07) is -0.812. The van der Waals surface area contributed by atoms with Gasteiger partial charge in [0.15, 0.2) is 5.11 Å². The molecule has 1 rings (SSSR count). The summed E-state index contributed by atoms with van der Waals surface area (Å²) in [5.74, 6) is -1.35. The molecule has 0 saturated carbocycles. The van der Waals surface area contributed by atoms with Crippen LogP contribution in [0.1, 0.15) is 33.1 Å². The molecule has 3 N–H and O–H groups in total. The van der Waals surface area contributed by atoms with E-state index in [4.69, 9.17) is 12.2 Å². The summed E-state index contributed by atoms with van der Waals surface area (Å²) >= 11 is 5.18. The number of amides is 1. The van der Waals surface area contributed by atoms with E-state index in [0.717, 1.165) is 12.8 Å². The Kier molecular flexibility index (Phi) is 8.46. The number of thiocarbonyl (C=S) groups is 1. The fraction of sp³-hybridized carbons (Fsp3) is 0.588. The summed E-state index contributed by atoms with van der Waals surface area (Å²) in [5.41, 5.74) is 1.20. The average Bonchev–Trinajstić information content (AvgIpc) is 2.53. The minimum Gasteiger partial charge on any atom is -0.480 e. The third-order valence-electron chi connectivity index (χ3n) is 3.84. The zero-order valence-corrected chi connectivity index (χ0v) is 15.4. The normalized spacial score (nSPS) is 14.8. The van der Waals surface area contributed by atoms with Crippen LogP contribution in [-0.4, -0.2) is 53.2 Å². The molecule has 0 aromatic heterocycles. The monoisotopic (exact) mass is 353 g/mol. The topological polar surface area (TPSA) is 81.7 Å². The van der Waals surface area contributed by atoms with Gasteiger partial charge in [0.2, 0.25) is 5.91 Å². The Balaban J connectivity index is 2.31. The van der Waals surface area contributed by atoms with Crippen molar-refractivity contribution in [3.63, 3.8) is 0 Å². The van der Waals surface area contributed by atoms with E-state index in [1.807, 2.05) is 0 Å². The maximum atomic E-state index is 12.1. The highest BCUT2D eigenvalue weighted by Gasteiger charge is 2.28. The van der Waals surface area contributed by atoms with Gasteiger partial charge in [-0.05, 0) is 36.6 Å². The molecule has 0 aliphatic heterocycles. The van der Waals surface area contributed by atoms with Crippen molar-refractivity contribution < 1.29 is 14.7 Å². The number of carbonyl (C=O) groups excluding carboxylic acids is 1. The smallest absolute Gasteiger partial charge is 0.326 e. The zero-order valence-electron chi connectivity index (χ0n) is 14.5.